The summed E-state index contributed by atoms with van der Waals surface area (Å²) in [6.45, 7) is 0.0930. The van der Waals surface area contributed by atoms with Crippen LogP contribution >= 0.6 is 11.6 Å². The minimum atomic E-state index is -3.88. The van der Waals surface area contributed by atoms with Crippen LogP contribution in [-0.2, 0) is 10.0 Å². The summed E-state index contributed by atoms with van der Waals surface area (Å²) in [5, 5.41) is 10.7. The van der Waals surface area contributed by atoms with Gasteiger partial charge in [0.1, 0.15) is 10.6 Å². The van der Waals surface area contributed by atoms with Crippen molar-refractivity contribution in [2.75, 3.05) is 26.6 Å². The van der Waals surface area contributed by atoms with Gasteiger partial charge in [0.05, 0.1) is 12.0 Å². The largest absolute Gasteiger partial charge is 0.495 e. The number of ether oxygens (including phenoxy) is 1. The van der Waals surface area contributed by atoms with Crippen molar-refractivity contribution in [1.82, 2.24) is 4.31 Å². The molecular weight excluding hydrogens is 296 g/mol. The summed E-state index contributed by atoms with van der Waals surface area (Å²) in [5.74, 6) is 0.166. The fourth-order valence-corrected chi connectivity index (χ4v) is 3.08. The summed E-state index contributed by atoms with van der Waals surface area (Å²) in [6, 6.07) is 3.40. The van der Waals surface area contributed by atoms with Crippen LogP contribution in [0.25, 0.3) is 0 Å². The molecule has 0 bridgehead atoms. The Kier molecular flexibility index (Phi) is 5.10. The molecule has 0 aliphatic heterocycles. The van der Waals surface area contributed by atoms with Gasteiger partial charge in [-0.3, -0.25) is 10.1 Å². The molecule has 0 aromatic heterocycles. The molecule has 0 fully saturated rings. The number of nitro benzene ring substituents is 1. The Balaban J connectivity index is 3.38. The van der Waals surface area contributed by atoms with Crippen molar-refractivity contribution in [3.05, 3.63) is 28.3 Å². The molecule has 0 aliphatic rings. The number of benzene rings is 1. The van der Waals surface area contributed by atoms with Crippen LogP contribution in [0, 0.1) is 10.1 Å². The van der Waals surface area contributed by atoms with Gasteiger partial charge in [0.15, 0.2) is 0 Å². The molecule has 19 heavy (non-hydrogen) atoms. The highest BCUT2D eigenvalue weighted by Gasteiger charge is 2.26. The Hall–Kier alpha value is -1.38. The Morgan fingerprint density at radius 2 is 2.11 bits per heavy atom. The first-order valence-corrected chi connectivity index (χ1v) is 7.16. The maximum Gasteiger partial charge on any atom is 0.271 e. The van der Waals surface area contributed by atoms with Gasteiger partial charge in [0.25, 0.3) is 5.69 Å². The lowest BCUT2D eigenvalue weighted by Gasteiger charge is -2.17. The molecule has 0 saturated carbocycles. The first-order chi connectivity index (χ1) is 8.84. The van der Waals surface area contributed by atoms with Crippen LogP contribution in [0.1, 0.15) is 0 Å². The second-order valence-corrected chi connectivity index (χ2v) is 6.00. The smallest absolute Gasteiger partial charge is 0.271 e. The van der Waals surface area contributed by atoms with E-state index in [0.717, 1.165) is 10.4 Å². The van der Waals surface area contributed by atoms with Crippen LogP contribution in [0.15, 0.2) is 23.1 Å². The lowest BCUT2D eigenvalue weighted by Crippen LogP contribution is -2.29. The highest BCUT2D eigenvalue weighted by atomic mass is 35.5. The Morgan fingerprint density at radius 3 is 2.58 bits per heavy atom. The molecule has 1 rings (SSSR count). The van der Waals surface area contributed by atoms with Crippen molar-refractivity contribution < 1.29 is 18.1 Å². The number of halogens is 1. The molecule has 1 aromatic rings. The molecule has 0 atom stereocenters. The quantitative estimate of drug-likeness (QED) is 0.451. The van der Waals surface area contributed by atoms with E-state index in [-0.39, 0.29) is 28.8 Å². The number of nitrogens with zero attached hydrogens (tertiary/aromatic N) is 2. The van der Waals surface area contributed by atoms with E-state index in [1.165, 1.54) is 26.3 Å². The Bertz CT molecular complexity index is 575. The predicted molar refractivity (Wildman–Crippen MR) is 70.2 cm³/mol. The van der Waals surface area contributed by atoms with Crippen LogP contribution in [0.2, 0.25) is 0 Å². The predicted octanol–water partition coefficient (Wildman–Crippen LogP) is 1.46. The van der Waals surface area contributed by atoms with Gasteiger partial charge < -0.3 is 4.74 Å². The summed E-state index contributed by atoms with van der Waals surface area (Å²) in [6.07, 6.45) is 0. The van der Waals surface area contributed by atoms with E-state index < -0.39 is 14.9 Å². The molecule has 1 aromatic carbocycles. The van der Waals surface area contributed by atoms with Crippen LogP contribution in [0.3, 0.4) is 0 Å². The zero-order chi connectivity index (χ0) is 14.6. The fourth-order valence-electron chi connectivity index (χ4n) is 1.39. The maximum atomic E-state index is 12.2. The van der Waals surface area contributed by atoms with E-state index in [1.54, 1.807) is 0 Å². The number of non-ortho nitro benzene ring substituents is 1. The lowest BCUT2D eigenvalue weighted by molar-refractivity contribution is -0.385. The highest BCUT2D eigenvalue weighted by Crippen LogP contribution is 2.29. The first-order valence-electron chi connectivity index (χ1n) is 5.19. The molecule has 0 heterocycles. The van der Waals surface area contributed by atoms with Crippen LogP contribution in [-0.4, -0.2) is 44.2 Å². The minimum absolute atomic E-state index is 0.0482. The highest BCUT2D eigenvalue weighted by molar-refractivity contribution is 7.89. The van der Waals surface area contributed by atoms with E-state index in [2.05, 4.69) is 0 Å². The van der Waals surface area contributed by atoms with Gasteiger partial charge in [-0.15, -0.1) is 11.6 Å². The van der Waals surface area contributed by atoms with Crippen LogP contribution in [0.5, 0.6) is 5.75 Å². The van der Waals surface area contributed by atoms with E-state index in [9.17, 15) is 18.5 Å². The zero-order valence-corrected chi connectivity index (χ0v) is 11.9. The number of rotatable bonds is 6. The monoisotopic (exact) mass is 308 g/mol. The van der Waals surface area contributed by atoms with Gasteiger partial charge in [-0.2, -0.15) is 4.31 Å². The molecule has 7 nitrogen and oxygen atoms in total. The zero-order valence-electron chi connectivity index (χ0n) is 10.4. The van der Waals surface area contributed by atoms with E-state index in [1.807, 2.05) is 0 Å². The minimum Gasteiger partial charge on any atom is -0.495 e. The lowest BCUT2D eigenvalue weighted by atomic mass is 10.3. The molecule has 0 amide bonds. The molecule has 0 aliphatic carbocycles. The second kappa shape index (κ2) is 6.18. The normalized spacial score (nSPS) is 11.6. The third kappa shape index (κ3) is 3.34. The molecule has 0 spiro atoms. The van der Waals surface area contributed by atoms with Gasteiger partial charge in [-0.05, 0) is 6.07 Å². The van der Waals surface area contributed by atoms with Crippen LogP contribution < -0.4 is 4.74 Å². The van der Waals surface area contributed by atoms with Crippen molar-refractivity contribution in [2.24, 2.45) is 0 Å². The fraction of sp³-hybridized carbons (Fsp3) is 0.400. The topological polar surface area (TPSA) is 89.7 Å². The third-order valence-electron chi connectivity index (χ3n) is 2.45. The number of hydrogen-bond donors (Lipinski definition) is 0. The Labute approximate surface area is 115 Å². The second-order valence-electron chi connectivity index (χ2n) is 3.61. The average Bonchev–Trinajstić information content (AvgIpc) is 2.38. The summed E-state index contributed by atoms with van der Waals surface area (Å²) in [4.78, 5) is 9.79. The summed E-state index contributed by atoms with van der Waals surface area (Å²) < 4.78 is 30.4. The standard InChI is InChI=1S/C10H13ClN2O5S/c1-12(6-5-11)19(16,17)10-7-8(13(14)15)3-4-9(10)18-2/h3-4,7H,5-6H2,1-2H3. The average molecular weight is 309 g/mol. The summed E-state index contributed by atoms with van der Waals surface area (Å²) in [5.41, 5.74) is -0.321. The maximum absolute atomic E-state index is 12.2. The Morgan fingerprint density at radius 1 is 1.47 bits per heavy atom. The van der Waals surface area contributed by atoms with Gasteiger partial charge >= 0.3 is 0 Å². The molecule has 0 unspecified atom stereocenters. The van der Waals surface area contributed by atoms with Crippen molar-refractivity contribution in [3.8, 4) is 5.75 Å². The van der Waals surface area contributed by atoms with Gasteiger partial charge in [0, 0.05) is 31.6 Å². The molecule has 106 valence electrons. The van der Waals surface area contributed by atoms with Crippen molar-refractivity contribution in [3.63, 3.8) is 0 Å². The molecule has 0 radical (unpaired) electrons. The summed E-state index contributed by atoms with van der Waals surface area (Å²) in [7, 11) is -1.24. The molecular formula is C10H13ClN2O5S. The van der Waals surface area contributed by atoms with Gasteiger partial charge in [-0.1, -0.05) is 0 Å². The molecule has 9 heteroatoms. The number of hydrogen-bond acceptors (Lipinski definition) is 5. The van der Waals surface area contributed by atoms with Crippen molar-refractivity contribution in [1.29, 1.82) is 0 Å². The SMILES string of the molecule is COc1ccc([N+](=O)[O-])cc1S(=O)(=O)N(C)CCCl. The number of sulfonamides is 1. The van der Waals surface area contributed by atoms with E-state index in [4.69, 9.17) is 16.3 Å². The summed E-state index contributed by atoms with van der Waals surface area (Å²) >= 11 is 5.50. The van der Waals surface area contributed by atoms with E-state index in [0.29, 0.717) is 0 Å². The number of alkyl halides is 1. The molecule has 0 saturated heterocycles. The van der Waals surface area contributed by atoms with E-state index >= 15 is 0 Å². The van der Waals surface area contributed by atoms with Crippen molar-refractivity contribution >= 4 is 27.3 Å². The van der Waals surface area contributed by atoms with Gasteiger partial charge in [-0.25, -0.2) is 8.42 Å². The van der Waals surface area contributed by atoms with Crippen LogP contribution in [0.4, 0.5) is 5.69 Å². The number of methoxy groups -OCH3 is 1. The third-order valence-corrected chi connectivity index (χ3v) is 4.49. The van der Waals surface area contributed by atoms with Gasteiger partial charge in [0.2, 0.25) is 10.0 Å². The first kappa shape index (κ1) is 15.7. The number of nitro groups is 1. The molecule has 0 N–H and O–H groups in total. The van der Waals surface area contributed by atoms with Crippen molar-refractivity contribution in [2.45, 2.75) is 4.90 Å².